The molecule has 0 unspecified atom stereocenters. The lowest BCUT2D eigenvalue weighted by Crippen LogP contribution is -2.36. The molecule has 4 rings (SSSR count). The first-order valence-corrected chi connectivity index (χ1v) is 11.7. The minimum absolute atomic E-state index is 0.0544. The Labute approximate surface area is 180 Å². The van der Waals surface area contributed by atoms with Gasteiger partial charge in [0.2, 0.25) is 5.91 Å². The van der Waals surface area contributed by atoms with Gasteiger partial charge < -0.3 is 15.2 Å². The molecule has 0 saturated heterocycles. The molecule has 1 aromatic rings. The number of carbonyl (C=O) groups excluding carboxylic acids is 2. The molecule has 2 bridgehead atoms. The maximum absolute atomic E-state index is 13.2. The Morgan fingerprint density at radius 2 is 1.93 bits per heavy atom. The summed E-state index contributed by atoms with van der Waals surface area (Å²) >= 11 is 1.46. The molecule has 0 radical (unpaired) electrons. The van der Waals surface area contributed by atoms with Crippen LogP contribution in [-0.4, -0.2) is 29.1 Å². The van der Waals surface area contributed by atoms with Crippen molar-refractivity contribution in [2.75, 3.05) is 5.32 Å². The van der Waals surface area contributed by atoms with Crippen molar-refractivity contribution in [2.24, 2.45) is 29.6 Å². The van der Waals surface area contributed by atoms with Crippen LogP contribution < -0.4 is 5.32 Å². The molecule has 1 aromatic heterocycles. The van der Waals surface area contributed by atoms with Gasteiger partial charge >= 0.3 is 11.9 Å². The lowest BCUT2D eigenvalue weighted by molar-refractivity contribution is -0.146. The third-order valence-corrected chi connectivity index (χ3v) is 7.95. The van der Waals surface area contributed by atoms with Gasteiger partial charge in [-0.15, -0.1) is 11.3 Å². The van der Waals surface area contributed by atoms with Crippen LogP contribution in [-0.2, 0) is 27.2 Å². The number of carbonyl (C=O) groups is 3. The van der Waals surface area contributed by atoms with Gasteiger partial charge in [0.05, 0.1) is 23.5 Å². The average molecular weight is 432 g/mol. The number of hydrogen-bond donors (Lipinski definition) is 2. The fourth-order valence-electron chi connectivity index (χ4n) is 5.29. The zero-order valence-corrected chi connectivity index (χ0v) is 18.5. The quantitative estimate of drug-likeness (QED) is 0.518. The molecule has 0 aromatic carbocycles. The van der Waals surface area contributed by atoms with Crippen LogP contribution in [0.2, 0.25) is 0 Å². The molecule has 0 spiro atoms. The highest BCUT2D eigenvalue weighted by Gasteiger charge is 2.52. The van der Waals surface area contributed by atoms with Crippen molar-refractivity contribution in [3.05, 3.63) is 28.2 Å². The molecule has 6 nitrogen and oxygen atoms in total. The number of esters is 1. The van der Waals surface area contributed by atoms with Crippen LogP contribution in [0.15, 0.2) is 12.2 Å². The Kier molecular flexibility index (Phi) is 5.75. The predicted octanol–water partition coefficient (Wildman–Crippen LogP) is 4.29. The van der Waals surface area contributed by atoms with E-state index in [-0.39, 0.29) is 23.8 Å². The minimum Gasteiger partial charge on any atom is -0.481 e. The van der Waals surface area contributed by atoms with Gasteiger partial charge in [0.15, 0.2) is 0 Å². The summed E-state index contributed by atoms with van der Waals surface area (Å²) in [5.41, 5.74) is 1.46. The van der Waals surface area contributed by atoms with Crippen LogP contribution in [0, 0.1) is 29.6 Å². The van der Waals surface area contributed by atoms with Crippen molar-refractivity contribution >= 4 is 34.2 Å². The fourth-order valence-corrected chi connectivity index (χ4v) is 6.64. The van der Waals surface area contributed by atoms with Crippen LogP contribution in [0.5, 0.6) is 0 Å². The molecular formula is C23H29NO5S. The molecule has 3 aliphatic rings. The number of rotatable bonds is 6. The van der Waals surface area contributed by atoms with Crippen LogP contribution in [0.3, 0.4) is 0 Å². The SMILES string of the molecule is CC[C@@H]1CCc2c(sc(NC(=O)[C@@H]3[C@@H](C(=O)O)[C@H]4C=C[C@H]3C4)c2C(=O)OC(C)C)C1. The lowest BCUT2D eigenvalue weighted by Gasteiger charge is -2.23. The monoisotopic (exact) mass is 431 g/mol. The lowest BCUT2D eigenvalue weighted by atomic mass is 9.82. The highest BCUT2D eigenvalue weighted by molar-refractivity contribution is 7.17. The Bertz CT molecular complexity index is 902. The van der Waals surface area contributed by atoms with E-state index in [2.05, 4.69) is 12.2 Å². The van der Waals surface area contributed by atoms with E-state index >= 15 is 0 Å². The highest BCUT2D eigenvalue weighted by Crippen LogP contribution is 2.49. The van der Waals surface area contributed by atoms with Crippen LogP contribution in [0.25, 0.3) is 0 Å². The number of anilines is 1. The molecule has 162 valence electrons. The zero-order chi connectivity index (χ0) is 21.6. The molecule has 7 heteroatoms. The summed E-state index contributed by atoms with van der Waals surface area (Å²) in [6.07, 6.45) is 8.16. The molecule has 5 atom stereocenters. The van der Waals surface area contributed by atoms with Crippen molar-refractivity contribution in [2.45, 2.75) is 59.0 Å². The number of thiophene rings is 1. The van der Waals surface area contributed by atoms with E-state index in [0.29, 0.717) is 22.9 Å². The molecule has 1 saturated carbocycles. The van der Waals surface area contributed by atoms with Crippen LogP contribution in [0.4, 0.5) is 5.00 Å². The highest BCUT2D eigenvalue weighted by atomic mass is 32.1. The molecule has 1 amide bonds. The second kappa shape index (κ2) is 8.17. The van der Waals surface area contributed by atoms with Crippen molar-refractivity contribution in [3.63, 3.8) is 0 Å². The summed E-state index contributed by atoms with van der Waals surface area (Å²) in [4.78, 5) is 39.0. The van der Waals surface area contributed by atoms with E-state index in [1.54, 1.807) is 13.8 Å². The minimum atomic E-state index is -0.928. The smallest absolute Gasteiger partial charge is 0.341 e. The normalized spacial score (nSPS) is 29.1. The van der Waals surface area contributed by atoms with E-state index in [1.807, 2.05) is 12.2 Å². The number of carboxylic acid groups (broad SMARTS) is 1. The van der Waals surface area contributed by atoms with E-state index in [0.717, 1.165) is 36.1 Å². The van der Waals surface area contributed by atoms with E-state index < -0.39 is 23.8 Å². The van der Waals surface area contributed by atoms with E-state index in [1.165, 1.54) is 11.3 Å². The van der Waals surface area contributed by atoms with Crippen LogP contribution >= 0.6 is 11.3 Å². The third kappa shape index (κ3) is 3.68. The second-order valence-corrected chi connectivity index (χ2v) is 10.1. The Morgan fingerprint density at radius 1 is 1.23 bits per heavy atom. The summed E-state index contributed by atoms with van der Waals surface area (Å²) in [6, 6.07) is 0. The zero-order valence-electron chi connectivity index (χ0n) is 17.6. The van der Waals surface area contributed by atoms with Gasteiger partial charge in [-0.1, -0.05) is 25.5 Å². The van der Waals surface area contributed by atoms with Gasteiger partial charge in [0.25, 0.3) is 0 Å². The van der Waals surface area contributed by atoms with Crippen molar-refractivity contribution in [3.8, 4) is 0 Å². The Hall–Kier alpha value is -2.15. The molecule has 0 aliphatic heterocycles. The summed E-state index contributed by atoms with van der Waals surface area (Å²) < 4.78 is 5.48. The standard InChI is InChI=1S/C23H29NO5S/c1-4-12-5-8-15-16(9-12)30-21(19(15)23(28)29-11(2)3)24-20(25)17-13-6-7-14(10-13)18(17)22(26)27/h6-7,11-14,17-18H,4-5,8-10H2,1-3H3,(H,24,25)(H,26,27)/t12-,13+,14+,17+,18+/m1/s1. The first-order valence-electron chi connectivity index (χ1n) is 10.9. The molecule has 3 aliphatic carbocycles. The van der Waals surface area contributed by atoms with Crippen molar-refractivity contribution in [1.82, 2.24) is 0 Å². The van der Waals surface area contributed by atoms with E-state index in [9.17, 15) is 19.5 Å². The molecular weight excluding hydrogens is 402 g/mol. The second-order valence-electron chi connectivity index (χ2n) is 9.01. The van der Waals surface area contributed by atoms with Crippen molar-refractivity contribution < 1.29 is 24.2 Å². The number of aliphatic carboxylic acids is 1. The summed E-state index contributed by atoms with van der Waals surface area (Å²) in [5, 5.41) is 13.1. The number of allylic oxidation sites excluding steroid dienone is 2. The predicted molar refractivity (Wildman–Crippen MR) is 115 cm³/mol. The topological polar surface area (TPSA) is 92.7 Å². The number of fused-ring (bicyclic) bond motifs is 3. The first-order chi connectivity index (χ1) is 14.3. The fraction of sp³-hybridized carbons (Fsp3) is 0.609. The number of amides is 1. The summed E-state index contributed by atoms with van der Waals surface area (Å²) in [6.45, 7) is 5.79. The Morgan fingerprint density at radius 3 is 2.57 bits per heavy atom. The van der Waals surface area contributed by atoms with Gasteiger partial charge in [-0.3, -0.25) is 9.59 Å². The molecule has 1 heterocycles. The Balaban J connectivity index is 1.64. The number of nitrogens with one attached hydrogen (secondary N) is 1. The van der Waals surface area contributed by atoms with Crippen molar-refractivity contribution in [1.29, 1.82) is 0 Å². The summed E-state index contributed by atoms with van der Waals surface area (Å²) in [7, 11) is 0. The molecule has 1 fully saturated rings. The van der Waals surface area contributed by atoms with Gasteiger partial charge in [0, 0.05) is 4.88 Å². The maximum Gasteiger partial charge on any atom is 0.341 e. The van der Waals surface area contributed by atoms with Gasteiger partial charge in [-0.25, -0.2) is 4.79 Å². The third-order valence-electron chi connectivity index (χ3n) is 6.78. The molecule has 2 N–H and O–H groups in total. The van der Waals surface area contributed by atoms with Gasteiger partial charge in [-0.2, -0.15) is 0 Å². The maximum atomic E-state index is 13.2. The van der Waals surface area contributed by atoms with Crippen LogP contribution in [0.1, 0.15) is 60.8 Å². The van der Waals surface area contributed by atoms with Gasteiger partial charge in [0.1, 0.15) is 5.00 Å². The average Bonchev–Trinajstić information content (AvgIpc) is 3.38. The largest absolute Gasteiger partial charge is 0.481 e. The number of ether oxygens (including phenoxy) is 1. The number of hydrogen-bond acceptors (Lipinski definition) is 5. The number of carboxylic acids is 1. The van der Waals surface area contributed by atoms with E-state index in [4.69, 9.17) is 4.74 Å². The van der Waals surface area contributed by atoms with Gasteiger partial charge in [-0.05, 0) is 62.8 Å². The first kappa shape index (κ1) is 21.1. The summed E-state index contributed by atoms with van der Waals surface area (Å²) in [5.74, 6) is -2.50. The molecule has 30 heavy (non-hydrogen) atoms.